The monoisotopic (exact) mass is 360 g/mol. The number of halogens is 7. The Kier molecular flexibility index (Phi) is 4.10. The number of hydrogen-bond acceptors (Lipinski definition) is 3. The lowest BCUT2D eigenvalue weighted by molar-refractivity contribution is -0.297. The highest BCUT2D eigenvalue weighted by molar-refractivity contribution is 6.30. The molecular formula is C12H7ClF6N2O2. The molecule has 2 rings (SSSR count). The molecule has 1 atom stereocenters. The fraction of sp³-hybridized carbons (Fsp3) is 0.333. The van der Waals surface area contributed by atoms with Crippen molar-refractivity contribution < 1.29 is 36.2 Å². The number of rotatable bonds is 1. The van der Waals surface area contributed by atoms with Crippen molar-refractivity contribution in [3.63, 3.8) is 0 Å². The summed E-state index contributed by atoms with van der Waals surface area (Å²) in [5, 5.41) is 11.9. The Hall–Kier alpha value is -1.81. The van der Waals surface area contributed by atoms with Crippen molar-refractivity contribution in [2.75, 3.05) is 0 Å². The highest BCUT2D eigenvalue weighted by atomic mass is 35.5. The van der Waals surface area contributed by atoms with Gasteiger partial charge in [0.15, 0.2) is 0 Å². The van der Waals surface area contributed by atoms with E-state index in [4.69, 9.17) is 11.6 Å². The number of aliphatic hydroxyl groups is 1. The number of amides is 1. The van der Waals surface area contributed by atoms with Gasteiger partial charge in [0, 0.05) is 10.6 Å². The Morgan fingerprint density at radius 1 is 1.17 bits per heavy atom. The second kappa shape index (κ2) is 5.38. The number of hydrogen-bond donors (Lipinski definition) is 1. The summed E-state index contributed by atoms with van der Waals surface area (Å²) in [6.45, 7) is 0. The van der Waals surface area contributed by atoms with Crippen LogP contribution in [0.15, 0.2) is 29.4 Å². The van der Waals surface area contributed by atoms with E-state index in [0.717, 1.165) is 24.3 Å². The molecular weight excluding hydrogens is 354 g/mol. The summed E-state index contributed by atoms with van der Waals surface area (Å²) in [4.78, 5) is 12.0. The second-order valence-corrected chi connectivity index (χ2v) is 5.10. The molecule has 0 radical (unpaired) electrons. The van der Waals surface area contributed by atoms with Crippen molar-refractivity contribution in [1.82, 2.24) is 5.01 Å². The quantitative estimate of drug-likeness (QED) is 0.781. The normalized spacial score (nSPS) is 22.3. The van der Waals surface area contributed by atoms with Crippen LogP contribution in [0.25, 0.3) is 0 Å². The Labute approximate surface area is 129 Å². The molecule has 23 heavy (non-hydrogen) atoms. The lowest BCUT2D eigenvalue weighted by Crippen LogP contribution is -2.56. The minimum atomic E-state index is -5.54. The fourth-order valence-electron chi connectivity index (χ4n) is 1.85. The summed E-state index contributed by atoms with van der Waals surface area (Å²) in [7, 11) is 0. The van der Waals surface area contributed by atoms with Gasteiger partial charge < -0.3 is 5.11 Å². The number of alkyl halides is 6. The van der Waals surface area contributed by atoms with Crippen LogP contribution in [-0.4, -0.2) is 39.8 Å². The molecule has 0 saturated carbocycles. The molecule has 1 N–H and O–H groups in total. The first kappa shape index (κ1) is 17.5. The number of nitrogens with zero attached hydrogens (tertiary/aromatic N) is 2. The predicted molar refractivity (Wildman–Crippen MR) is 66.7 cm³/mol. The third kappa shape index (κ3) is 3.13. The Morgan fingerprint density at radius 3 is 2.13 bits per heavy atom. The van der Waals surface area contributed by atoms with Gasteiger partial charge in [-0.1, -0.05) is 11.6 Å². The smallest absolute Gasteiger partial charge is 0.362 e. The van der Waals surface area contributed by atoms with Crippen molar-refractivity contribution in [2.45, 2.75) is 24.5 Å². The first-order valence-electron chi connectivity index (χ1n) is 5.90. The average molecular weight is 361 g/mol. The Balaban J connectivity index is 2.48. The number of benzene rings is 1. The van der Waals surface area contributed by atoms with E-state index < -0.39 is 46.7 Å². The van der Waals surface area contributed by atoms with Crippen molar-refractivity contribution in [3.05, 3.63) is 34.9 Å². The molecule has 1 heterocycles. The van der Waals surface area contributed by atoms with Crippen LogP contribution in [0.5, 0.6) is 0 Å². The Bertz CT molecular complexity index is 655. The number of carbonyl (C=O) groups is 1. The molecule has 1 aliphatic heterocycles. The summed E-state index contributed by atoms with van der Waals surface area (Å²) < 4.78 is 76.8. The number of hydrazone groups is 1. The molecule has 0 aliphatic carbocycles. The minimum absolute atomic E-state index is 0.161. The van der Waals surface area contributed by atoms with Gasteiger partial charge in [0.25, 0.3) is 11.6 Å². The highest BCUT2D eigenvalue weighted by Crippen LogP contribution is 2.43. The van der Waals surface area contributed by atoms with Gasteiger partial charge in [0.2, 0.25) is 0 Å². The lowest BCUT2D eigenvalue weighted by atomic mass is 10.1. The molecule has 0 fully saturated rings. The summed E-state index contributed by atoms with van der Waals surface area (Å²) >= 11 is 5.56. The van der Waals surface area contributed by atoms with Crippen LogP contribution in [0, 0.1) is 0 Å². The highest BCUT2D eigenvalue weighted by Gasteiger charge is 2.66. The molecule has 0 aromatic heterocycles. The van der Waals surface area contributed by atoms with Gasteiger partial charge in [-0.3, -0.25) is 4.79 Å². The minimum Gasteiger partial charge on any atom is -0.362 e. The van der Waals surface area contributed by atoms with E-state index in [1.165, 1.54) is 0 Å². The maximum atomic E-state index is 13.0. The van der Waals surface area contributed by atoms with Gasteiger partial charge in [-0.2, -0.15) is 36.5 Å². The summed E-state index contributed by atoms with van der Waals surface area (Å²) in [6, 6.07) is 4.32. The van der Waals surface area contributed by atoms with Crippen molar-refractivity contribution in [1.29, 1.82) is 0 Å². The molecule has 0 spiro atoms. The lowest BCUT2D eigenvalue weighted by Gasteiger charge is -2.32. The first-order valence-corrected chi connectivity index (χ1v) is 6.28. The largest absolute Gasteiger partial charge is 0.438 e. The molecule has 126 valence electrons. The van der Waals surface area contributed by atoms with E-state index in [9.17, 15) is 36.2 Å². The van der Waals surface area contributed by atoms with Crippen LogP contribution in [0.4, 0.5) is 26.3 Å². The predicted octanol–water partition coefficient (Wildman–Crippen LogP) is 3.36. The van der Waals surface area contributed by atoms with Gasteiger partial charge in [-0.05, 0) is 24.3 Å². The van der Waals surface area contributed by atoms with Crippen molar-refractivity contribution >= 4 is 23.2 Å². The molecule has 1 aliphatic rings. The number of carbonyl (C=O) groups excluding carboxylic acids is 1. The van der Waals surface area contributed by atoms with E-state index >= 15 is 0 Å². The topological polar surface area (TPSA) is 52.9 Å². The molecule has 1 unspecified atom stereocenters. The zero-order valence-electron chi connectivity index (χ0n) is 10.9. The van der Waals surface area contributed by atoms with Gasteiger partial charge in [-0.25, -0.2) is 0 Å². The van der Waals surface area contributed by atoms with E-state index in [1.54, 1.807) is 0 Å². The van der Waals surface area contributed by atoms with E-state index in [0.29, 0.717) is 0 Å². The van der Waals surface area contributed by atoms with Crippen molar-refractivity contribution in [3.8, 4) is 0 Å². The van der Waals surface area contributed by atoms with Crippen LogP contribution in [0.3, 0.4) is 0 Å². The molecule has 0 saturated heterocycles. The van der Waals surface area contributed by atoms with E-state index in [1.807, 2.05) is 0 Å². The van der Waals surface area contributed by atoms with Crippen LogP contribution >= 0.6 is 11.6 Å². The van der Waals surface area contributed by atoms with Crippen LogP contribution in [-0.2, 0) is 0 Å². The standard InChI is InChI=1S/C12H7ClF6N2O2/c13-7-3-1-6(2-4-7)9(22)21-10(23,12(17,18)19)5-8(20-21)11(14,15)16/h1-4,23H,5H2. The van der Waals surface area contributed by atoms with Crippen LogP contribution in [0.2, 0.25) is 5.02 Å². The first-order chi connectivity index (χ1) is 10.4. The summed E-state index contributed by atoms with van der Waals surface area (Å²) in [5.41, 5.74) is -6.39. The van der Waals surface area contributed by atoms with Crippen LogP contribution < -0.4 is 0 Å². The van der Waals surface area contributed by atoms with Gasteiger partial charge >= 0.3 is 12.4 Å². The molecule has 1 aromatic carbocycles. The molecule has 11 heteroatoms. The molecule has 0 bridgehead atoms. The maximum absolute atomic E-state index is 13.0. The third-order valence-corrected chi connectivity index (χ3v) is 3.30. The van der Waals surface area contributed by atoms with E-state index in [-0.39, 0.29) is 5.02 Å². The average Bonchev–Trinajstić information content (AvgIpc) is 2.78. The fourth-order valence-corrected chi connectivity index (χ4v) is 1.98. The van der Waals surface area contributed by atoms with Gasteiger partial charge in [-0.15, -0.1) is 0 Å². The van der Waals surface area contributed by atoms with Crippen LogP contribution in [0.1, 0.15) is 16.8 Å². The van der Waals surface area contributed by atoms with Crippen molar-refractivity contribution in [2.24, 2.45) is 5.10 Å². The third-order valence-electron chi connectivity index (χ3n) is 3.05. The zero-order valence-corrected chi connectivity index (χ0v) is 11.7. The summed E-state index contributed by atoms with van der Waals surface area (Å²) in [6.07, 6.45) is -12.7. The van der Waals surface area contributed by atoms with Gasteiger partial charge in [0.05, 0.1) is 6.42 Å². The molecule has 1 aromatic rings. The second-order valence-electron chi connectivity index (χ2n) is 4.66. The maximum Gasteiger partial charge on any atom is 0.438 e. The molecule has 4 nitrogen and oxygen atoms in total. The van der Waals surface area contributed by atoms with Gasteiger partial charge in [0.1, 0.15) is 5.71 Å². The molecule has 1 amide bonds. The SMILES string of the molecule is O=C(c1ccc(Cl)cc1)N1N=C(C(F)(F)F)CC1(O)C(F)(F)F. The zero-order chi connectivity index (χ0) is 17.6. The Morgan fingerprint density at radius 2 is 1.70 bits per heavy atom. The van der Waals surface area contributed by atoms with E-state index in [2.05, 4.69) is 5.10 Å². The summed E-state index contributed by atoms with van der Waals surface area (Å²) in [5.74, 6) is -1.54.